The van der Waals surface area contributed by atoms with Crippen LogP contribution in [0.3, 0.4) is 0 Å². The average Bonchev–Trinajstić information content (AvgIpc) is 3.39. The molecule has 1 heterocycles. The minimum absolute atomic E-state index is 0. The first-order valence-corrected chi connectivity index (χ1v) is 11.5. The van der Waals surface area contributed by atoms with Gasteiger partial charge in [-0.05, 0) is 67.2 Å². The number of hydrogen-bond acceptors (Lipinski definition) is 4. The van der Waals surface area contributed by atoms with Crippen molar-refractivity contribution in [1.29, 1.82) is 0 Å². The topological polar surface area (TPSA) is 95.6 Å². The summed E-state index contributed by atoms with van der Waals surface area (Å²) in [6.45, 7) is -0.928. The monoisotopic (exact) mass is 484 g/mol. The van der Waals surface area contributed by atoms with Gasteiger partial charge in [0, 0.05) is 70.2 Å². The third-order valence-corrected chi connectivity index (χ3v) is 7.79. The van der Waals surface area contributed by atoms with E-state index in [9.17, 15) is 31.2 Å². The van der Waals surface area contributed by atoms with Crippen LogP contribution < -0.4 is 10.0 Å². The second kappa shape index (κ2) is 9.30. The smallest absolute Gasteiger partial charge is 0.333 e. The molecule has 12 heteroatoms. The van der Waals surface area contributed by atoms with Gasteiger partial charge in [-0.25, -0.2) is 17.9 Å². The van der Waals surface area contributed by atoms with Crippen molar-refractivity contribution in [2.24, 2.45) is 0 Å². The fraction of sp³-hybridized carbons (Fsp3) is 0.579. The van der Waals surface area contributed by atoms with Gasteiger partial charge in [0.05, 0.1) is 5.25 Å². The molecule has 0 spiro atoms. The van der Waals surface area contributed by atoms with Crippen molar-refractivity contribution in [2.45, 2.75) is 56.4 Å². The van der Waals surface area contributed by atoms with Crippen molar-refractivity contribution >= 4 is 79.0 Å². The van der Waals surface area contributed by atoms with Gasteiger partial charge in [0.2, 0.25) is 10.0 Å². The maximum absolute atomic E-state index is 12.6. The normalized spacial score (nSPS) is 20.1. The first-order valence-electron chi connectivity index (χ1n) is 9.91. The van der Waals surface area contributed by atoms with Gasteiger partial charge in [-0.2, -0.15) is 13.2 Å². The maximum atomic E-state index is 12.6. The van der Waals surface area contributed by atoms with Gasteiger partial charge in [-0.1, -0.05) is 6.07 Å². The Morgan fingerprint density at radius 3 is 2.16 bits per heavy atom. The number of anilines is 1. The Bertz CT molecular complexity index is 981. The number of hydrogen-bond donors (Lipinski definition) is 2. The minimum atomic E-state index is -5.06. The molecule has 31 heavy (non-hydrogen) atoms. The van der Waals surface area contributed by atoms with Crippen molar-refractivity contribution < 1.29 is 31.2 Å². The molecule has 165 valence electrons. The molecule has 1 unspecified atom stereocenters. The van der Waals surface area contributed by atoms with Gasteiger partial charge in [0.25, 0.3) is 0 Å². The molecule has 2 N–H and O–H groups in total. The number of benzene rings is 1. The number of nitrogens with zero attached hydrogens (tertiary/aromatic N) is 1. The molecule has 0 aromatic heterocycles. The summed E-state index contributed by atoms with van der Waals surface area (Å²) in [6.07, 6.45) is 0.170. The molecule has 0 saturated carbocycles. The molecule has 4 rings (SSSR count). The molecule has 2 aliphatic carbocycles. The van der Waals surface area contributed by atoms with Crippen LogP contribution in [0.4, 0.5) is 23.7 Å². The summed E-state index contributed by atoms with van der Waals surface area (Å²) in [7, 11) is -4.24. The molecule has 7 nitrogen and oxygen atoms in total. The molecular formula is C19H22F3KN3O4S. The Morgan fingerprint density at radius 2 is 1.61 bits per heavy atom. The van der Waals surface area contributed by atoms with E-state index in [4.69, 9.17) is 0 Å². The van der Waals surface area contributed by atoms with Crippen LogP contribution in [0.1, 0.15) is 41.5 Å². The van der Waals surface area contributed by atoms with Gasteiger partial charge in [-0.3, -0.25) is 4.79 Å². The van der Waals surface area contributed by atoms with Gasteiger partial charge >= 0.3 is 18.1 Å². The van der Waals surface area contributed by atoms with Crippen molar-refractivity contribution in [3.8, 4) is 0 Å². The number of fused-ring (bicyclic) bond motifs is 2. The third-order valence-electron chi connectivity index (χ3n) is 6.06. The van der Waals surface area contributed by atoms with Gasteiger partial charge in [0.15, 0.2) is 0 Å². The van der Waals surface area contributed by atoms with E-state index in [1.807, 2.05) is 4.72 Å². The number of rotatable bonds is 3. The number of urea groups is 1. The number of halogens is 3. The largest absolute Gasteiger partial charge is 0.471 e. The zero-order chi connectivity index (χ0) is 21.7. The summed E-state index contributed by atoms with van der Waals surface area (Å²) in [5.41, 5.74) is 5.08. The van der Waals surface area contributed by atoms with Crippen molar-refractivity contribution in [3.63, 3.8) is 0 Å². The van der Waals surface area contributed by atoms with Gasteiger partial charge in [-0.15, -0.1) is 0 Å². The van der Waals surface area contributed by atoms with Crippen LogP contribution in [0.5, 0.6) is 0 Å². The molecule has 1 saturated heterocycles. The van der Waals surface area contributed by atoms with E-state index in [1.165, 1.54) is 11.1 Å². The number of likely N-dealkylation sites (tertiary alicyclic amines) is 1. The van der Waals surface area contributed by atoms with Crippen LogP contribution >= 0.6 is 0 Å². The summed E-state index contributed by atoms with van der Waals surface area (Å²) in [5, 5.41) is 1.41. The van der Waals surface area contributed by atoms with E-state index in [0.29, 0.717) is 10.6 Å². The van der Waals surface area contributed by atoms with Gasteiger partial charge < -0.3 is 10.2 Å². The van der Waals surface area contributed by atoms with Crippen molar-refractivity contribution in [2.75, 3.05) is 18.4 Å². The maximum Gasteiger partial charge on any atom is 0.471 e. The Kier molecular flexibility index (Phi) is 7.49. The average molecular weight is 485 g/mol. The Morgan fingerprint density at radius 1 is 1.03 bits per heavy atom. The summed E-state index contributed by atoms with van der Waals surface area (Å²) >= 11 is 0. The van der Waals surface area contributed by atoms with Crippen molar-refractivity contribution in [1.82, 2.24) is 9.62 Å². The molecule has 1 radical (unpaired) electrons. The SMILES string of the molecule is O=C(Nc1c2c(cc3c1CCC3)CCC2)NS(=O)(=O)C1CCN(C(=O)C(F)(F)F)C1.[K]. The van der Waals surface area contributed by atoms with Gasteiger partial charge in [0.1, 0.15) is 0 Å². The summed E-state index contributed by atoms with van der Waals surface area (Å²) in [6, 6.07) is 1.25. The predicted molar refractivity (Wildman–Crippen MR) is 108 cm³/mol. The number of aryl methyl sites for hydroxylation is 2. The number of nitrogens with one attached hydrogen (secondary N) is 2. The predicted octanol–water partition coefficient (Wildman–Crippen LogP) is 1.90. The number of carbonyl (C=O) groups excluding carboxylic acids is 2. The van der Waals surface area contributed by atoms with Crippen LogP contribution in [0.2, 0.25) is 0 Å². The molecule has 3 aliphatic rings. The molecule has 1 fully saturated rings. The number of amides is 3. The summed E-state index contributed by atoms with van der Waals surface area (Å²) in [4.78, 5) is 24.3. The number of sulfonamides is 1. The van der Waals surface area contributed by atoms with E-state index in [-0.39, 0.29) is 64.4 Å². The van der Waals surface area contributed by atoms with Crippen LogP contribution in [0, 0.1) is 0 Å². The molecule has 0 bridgehead atoms. The van der Waals surface area contributed by atoms with E-state index < -0.39 is 39.9 Å². The fourth-order valence-electron chi connectivity index (χ4n) is 4.66. The molecule has 1 atom stereocenters. The standard InChI is InChI=1S/C19H22F3N3O4S.K/c20-19(21,22)17(26)25-8-7-13(10-25)30(28,29)24-18(27)23-16-14-5-1-3-11(14)9-12-4-2-6-15(12)16;/h9,13H,1-8,10H2,(H2,23,24,27);. The fourth-order valence-corrected chi connectivity index (χ4v) is 5.93. The van der Waals surface area contributed by atoms with Crippen LogP contribution in [-0.4, -0.2) is 101 Å². The Balaban J connectivity index is 0.00000272. The second-order valence-electron chi connectivity index (χ2n) is 7.99. The van der Waals surface area contributed by atoms with Crippen LogP contribution in [-0.2, 0) is 40.5 Å². The van der Waals surface area contributed by atoms with E-state index in [2.05, 4.69) is 11.4 Å². The Hall–Kier alpha value is -0.664. The molecule has 3 amide bonds. The zero-order valence-electron chi connectivity index (χ0n) is 17.1. The third kappa shape index (κ3) is 5.14. The molecule has 1 aliphatic heterocycles. The van der Waals surface area contributed by atoms with E-state index >= 15 is 0 Å². The first kappa shape index (κ1) is 25.0. The van der Waals surface area contributed by atoms with E-state index in [1.54, 1.807) is 0 Å². The van der Waals surface area contributed by atoms with Crippen LogP contribution in [0.25, 0.3) is 0 Å². The van der Waals surface area contributed by atoms with E-state index in [0.717, 1.165) is 49.7 Å². The quantitative estimate of drug-likeness (QED) is 0.641. The zero-order valence-corrected chi connectivity index (χ0v) is 21.1. The second-order valence-corrected chi connectivity index (χ2v) is 9.96. The molecule has 1 aromatic carbocycles. The first-order chi connectivity index (χ1) is 14.1. The molecular weight excluding hydrogens is 462 g/mol. The Labute approximate surface area is 221 Å². The summed E-state index contributed by atoms with van der Waals surface area (Å²) in [5.74, 6) is -2.07. The van der Waals surface area contributed by atoms with Crippen molar-refractivity contribution in [3.05, 3.63) is 28.3 Å². The molecule has 1 aromatic rings. The van der Waals surface area contributed by atoms with Crippen LogP contribution in [0.15, 0.2) is 6.07 Å². The number of alkyl halides is 3. The minimum Gasteiger partial charge on any atom is -0.333 e. The summed E-state index contributed by atoms with van der Waals surface area (Å²) < 4.78 is 64.7. The number of carbonyl (C=O) groups is 2.